The molecular weight excluding hydrogens is 349 g/mol. The lowest BCUT2D eigenvalue weighted by atomic mass is 9.85. The highest BCUT2D eigenvalue weighted by molar-refractivity contribution is 5.68. The van der Waals surface area contributed by atoms with E-state index >= 15 is 0 Å². The standard InChI is InChI=1S/C21H26FNO4/c1-6-21(4,5)20-16(24)8-7-14(23-20)10-15-12(2)9-17(19(22)13(15)3)27-11-18(25)26/h7-9,24H,6,10-11H2,1-5H3,(H,25,26). The van der Waals surface area contributed by atoms with Crippen LogP contribution in [0.1, 0.15) is 55.3 Å². The van der Waals surface area contributed by atoms with Gasteiger partial charge >= 0.3 is 5.97 Å². The van der Waals surface area contributed by atoms with Crippen LogP contribution in [0.3, 0.4) is 0 Å². The van der Waals surface area contributed by atoms with E-state index in [-0.39, 0.29) is 16.9 Å². The van der Waals surface area contributed by atoms with Crippen molar-refractivity contribution in [2.45, 2.75) is 52.9 Å². The smallest absolute Gasteiger partial charge is 0.341 e. The van der Waals surface area contributed by atoms with E-state index in [4.69, 9.17) is 9.84 Å². The fourth-order valence-corrected chi connectivity index (χ4v) is 2.91. The summed E-state index contributed by atoms with van der Waals surface area (Å²) in [6, 6.07) is 4.87. The first-order valence-electron chi connectivity index (χ1n) is 8.89. The maximum Gasteiger partial charge on any atom is 0.341 e. The van der Waals surface area contributed by atoms with Gasteiger partial charge in [0.1, 0.15) is 5.75 Å². The predicted octanol–water partition coefficient (Wildman–Crippen LogP) is 4.28. The van der Waals surface area contributed by atoms with E-state index in [0.717, 1.165) is 23.2 Å². The third-order valence-corrected chi connectivity index (χ3v) is 4.99. The molecule has 5 nitrogen and oxygen atoms in total. The van der Waals surface area contributed by atoms with E-state index in [1.165, 1.54) is 6.07 Å². The molecule has 0 atom stereocenters. The number of carboxylic acids is 1. The number of rotatable bonds is 7. The molecule has 27 heavy (non-hydrogen) atoms. The number of aromatic nitrogens is 1. The van der Waals surface area contributed by atoms with Gasteiger partial charge in [-0.2, -0.15) is 0 Å². The summed E-state index contributed by atoms with van der Waals surface area (Å²) in [5.41, 5.74) is 3.05. The Balaban J connectivity index is 2.39. The van der Waals surface area contributed by atoms with E-state index in [2.05, 4.69) is 4.98 Å². The van der Waals surface area contributed by atoms with Crippen molar-refractivity contribution in [3.8, 4) is 11.5 Å². The molecule has 1 heterocycles. The summed E-state index contributed by atoms with van der Waals surface area (Å²) >= 11 is 0. The number of ether oxygens (including phenoxy) is 1. The van der Waals surface area contributed by atoms with Crippen LogP contribution in [-0.4, -0.2) is 27.8 Å². The van der Waals surface area contributed by atoms with Crippen molar-refractivity contribution in [1.29, 1.82) is 0 Å². The molecule has 0 aliphatic carbocycles. The molecule has 0 saturated heterocycles. The first kappa shape index (κ1) is 20.7. The van der Waals surface area contributed by atoms with Crippen molar-refractivity contribution in [2.24, 2.45) is 0 Å². The molecule has 0 bridgehead atoms. The SMILES string of the molecule is CCC(C)(C)c1nc(Cc2c(C)cc(OCC(=O)O)c(F)c2C)ccc1O. The van der Waals surface area contributed by atoms with Gasteiger partial charge in [-0.3, -0.25) is 4.98 Å². The molecule has 0 saturated carbocycles. The Kier molecular flexibility index (Phi) is 6.08. The number of aromatic hydroxyl groups is 1. The average Bonchev–Trinajstić information content (AvgIpc) is 2.61. The number of hydrogen-bond donors (Lipinski definition) is 2. The van der Waals surface area contributed by atoms with E-state index in [1.807, 2.05) is 27.7 Å². The highest BCUT2D eigenvalue weighted by atomic mass is 19.1. The molecule has 1 aromatic carbocycles. The topological polar surface area (TPSA) is 79.7 Å². The second-order valence-electron chi connectivity index (χ2n) is 7.38. The number of carboxylic acid groups (broad SMARTS) is 1. The van der Waals surface area contributed by atoms with Gasteiger partial charge in [0, 0.05) is 17.5 Å². The Labute approximate surface area is 158 Å². The van der Waals surface area contributed by atoms with Gasteiger partial charge in [0.25, 0.3) is 0 Å². The van der Waals surface area contributed by atoms with Gasteiger partial charge in [-0.25, -0.2) is 9.18 Å². The van der Waals surface area contributed by atoms with Crippen LogP contribution in [0.15, 0.2) is 18.2 Å². The number of aryl methyl sites for hydroxylation is 1. The largest absolute Gasteiger partial charge is 0.506 e. The number of benzene rings is 1. The lowest BCUT2D eigenvalue weighted by Gasteiger charge is -2.24. The van der Waals surface area contributed by atoms with Crippen molar-refractivity contribution in [2.75, 3.05) is 6.61 Å². The van der Waals surface area contributed by atoms with Crippen LogP contribution in [0.5, 0.6) is 11.5 Å². The van der Waals surface area contributed by atoms with E-state index in [9.17, 15) is 14.3 Å². The summed E-state index contributed by atoms with van der Waals surface area (Å²) in [5.74, 6) is -1.64. The van der Waals surface area contributed by atoms with Crippen LogP contribution < -0.4 is 4.74 Å². The molecule has 1 aromatic heterocycles. The van der Waals surface area contributed by atoms with Gasteiger partial charge < -0.3 is 14.9 Å². The molecule has 0 spiro atoms. The first-order valence-corrected chi connectivity index (χ1v) is 8.89. The van der Waals surface area contributed by atoms with Crippen LogP contribution in [-0.2, 0) is 16.6 Å². The quantitative estimate of drug-likeness (QED) is 0.755. The summed E-state index contributed by atoms with van der Waals surface area (Å²) < 4.78 is 19.6. The Morgan fingerprint density at radius 1 is 1.30 bits per heavy atom. The highest BCUT2D eigenvalue weighted by Gasteiger charge is 2.24. The van der Waals surface area contributed by atoms with Crippen LogP contribution in [0.2, 0.25) is 0 Å². The van der Waals surface area contributed by atoms with Crippen LogP contribution in [0.4, 0.5) is 4.39 Å². The first-order chi connectivity index (χ1) is 12.6. The Bertz CT molecular complexity index is 862. The minimum Gasteiger partial charge on any atom is -0.506 e. The lowest BCUT2D eigenvalue weighted by molar-refractivity contribution is -0.139. The zero-order valence-electron chi connectivity index (χ0n) is 16.4. The fourth-order valence-electron chi connectivity index (χ4n) is 2.91. The lowest BCUT2D eigenvalue weighted by Crippen LogP contribution is -2.18. The van der Waals surface area contributed by atoms with E-state index in [1.54, 1.807) is 19.1 Å². The molecular formula is C21H26FNO4. The van der Waals surface area contributed by atoms with Crippen molar-refractivity contribution < 1.29 is 24.1 Å². The maximum absolute atomic E-state index is 14.6. The molecule has 0 radical (unpaired) electrons. The van der Waals surface area contributed by atoms with Crippen LogP contribution in [0, 0.1) is 19.7 Å². The Morgan fingerprint density at radius 2 is 1.96 bits per heavy atom. The van der Waals surface area contributed by atoms with E-state index in [0.29, 0.717) is 17.7 Å². The molecule has 0 amide bonds. The van der Waals surface area contributed by atoms with E-state index < -0.39 is 18.4 Å². The number of aliphatic carboxylic acids is 1. The second kappa shape index (κ2) is 7.94. The van der Waals surface area contributed by atoms with Gasteiger partial charge in [-0.1, -0.05) is 20.8 Å². The molecule has 0 unspecified atom stereocenters. The fraction of sp³-hybridized carbons (Fsp3) is 0.429. The molecule has 0 aliphatic rings. The molecule has 2 aromatic rings. The Morgan fingerprint density at radius 3 is 2.56 bits per heavy atom. The van der Waals surface area contributed by atoms with Gasteiger partial charge in [-0.05, 0) is 55.2 Å². The molecule has 0 fully saturated rings. The number of halogens is 1. The summed E-state index contributed by atoms with van der Waals surface area (Å²) in [6.45, 7) is 8.94. The molecule has 0 aliphatic heterocycles. The third kappa shape index (κ3) is 4.56. The number of pyridine rings is 1. The number of nitrogens with zero attached hydrogens (tertiary/aromatic N) is 1. The average molecular weight is 375 g/mol. The number of hydrogen-bond acceptors (Lipinski definition) is 4. The zero-order chi connectivity index (χ0) is 20.4. The van der Waals surface area contributed by atoms with Crippen LogP contribution >= 0.6 is 0 Å². The summed E-state index contributed by atoms with van der Waals surface area (Å²) in [6.07, 6.45) is 1.22. The molecule has 2 N–H and O–H groups in total. The monoisotopic (exact) mass is 375 g/mol. The molecule has 6 heteroatoms. The minimum atomic E-state index is -1.16. The van der Waals surface area contributed by atoms with Gasteiger partial charge in [0.15, 0.2) is 18.2 Å². The number of carbonyl (C=O) groups is 1. The van der Waals surface area contributed by atoms with Crippen molar-refractivity contribution >= 4 is 5.97 Å². The maximum atomic E-state index is 14.6. The zero-order valence-corrected chi connectivity index (χ0v) is 16.4. The summed E-state index contributed by atoms with van der Waals surface area (Å²) in [4.78, 5) is 15.3. The predicted molar refractivity (Wildman–Crippen MR) is 101 cm³/mol. The molecule has 146 valence electrons. The normalized spacial score (nSPS) is 11.5. The van der Waals surface area contributed by atoms with Gasteiger partial charge in [0.2, 0.25) is 0 Å². The summed E-state index contributed by atoms with van der Waals surface area (Å²) in [5, 5.41) is 18.9. The van der Waals surface area contributed by atoms with Crippen molar-refractivity contribution in [1.82, 2.24) is 4.98 Å². The van der Waals surface area contributed by atoms with Gasteiger partial charge in [-0.15, -0.1) is 0 Å². The van der Waals surface area contributed by atoms with Crippen molar-refractivity contribution in [3.05, 3.63) is 52.1 Å². The summed E-state index contributed by atoms with van der Waals surface area (Å²) in [7, 11) is 0. The molecule has 2 rings (SSSR count). The van der Waals surface area contributed by atoms with Crippen LogP contribution in [0.25, 0.3) is 0 Å². The minimum absolute atomic E-state index is 0.0670. The van der Waals surface area contributed by atoms with Crippen molar-refractivity contribution in [3.63, 3.8) is 0 Å². The third-order valence-electron chi connectivity index (χ3n) is 4.99. The second-order valence-corrected chi connectivity index (χ2v) is 7.38. The Hall–Kier alpha value is -2.63. The van der Waals surface area contributed by atoms with Gasteiger partial charge in [0.05, 0.1) is 5.69 Å². The highest BCUT2D eigenvalue weighted by Crippen LogP contribution is 2.33.